The van der Waals surface area contributed by atoms with Gasteiger partial charge in [-0.15, -0.1) is 0 Å². The van der Waals surface area contributed by atoms with Crippen LogP contribution in [0.1, 0.15) is 18.6 Å². The standard InChI is InChI=1S/C23H24FN5O4/c1-14(30)26-15-4-5-20(32-3)17(10-15)21-13-29(8-9-33-21)23-27-19(11-22(31)28(23)2)16-6-7-25-12-18(16)24/h4-7,10-12,21H,8-9,13H2,1-3H3,(H,26,30). The Hall–Kier alpha value is -3.79. The third-order valence-electron chi connectivity index (χ3n) is 5.41. The van der Waals surface area contributed by atoms with E-state index in [9.17, 15) is 14.0 Å². The number of morpholine rings is 1. The van der Waals surface area contributed by atoms with Crippen LogP contribution in [0.2, 0.25) is 0 Å². The number of aromatic nitrogens is 3. The predicted octanol–water partition coefficient (Wildman–Crippen LogP) is 2.53. The summed E-state index contributed by atoms with van der Waals surface area (Å²) < 4.78 is 27.2. The number of methoxy groups -OCH3 is 1. The van der Waals surface area contributed by atoms with Gasteiger partial charge in [-0.05, 0) is 24.3 Å². The van der Waals surface area contributed by atoms with Crippen molar-refractivity contribution in [3.05, 3.63) is 64.5 Å². The van der Waals surface area contributed by atoms with Crippen LogP contribution in [0.25, 0.3) is 11.3 Å². The highest BCUT2D eigenvalue weighted by atomic mass is 19.1. The zero-order valence-corrected chi connectivity index (χ0v) is 18.5. The van der Waals surface area contributed by atoms with Crippen molar-refractivity contribution < 1.29 is 18.7 Å². The van der Waals surface area contributed by atoms with Crippen LogP contribution in [0.3, 0.4) is 0 Å². The Morgan fingerprint density at radius 1 is 1.30 bits per heavy atom. The Kier molecular flexibility index (Phi) is 6.36. The smallest absolute Gasteiger partial charge is 0.255 e. The maximum absolute atomic E-state index is 14.3. The number of pyridine rings is 1. The number of anilines is 2. The molecule has 10 heteroatoms. The van der Waals surface area contributed by atoms with Gasteiger partial charge in [0.15, 0.2) is 5.82 Å². The lowest BCUT2D eigenvalue weighted by atomic mass is 10.1. The number of halogens is 1. The molecule has 33 heavy (non-hydrogen) atoms. The summed E-state index contributed by atoms with van der Waals surface area (Å²) in [7, 11) is 3.19. The molecule has 1 atom stereocenters. The predicted molar refractivity (Wildman–Crippen MR) is 121 cm³/mol. The molecular weight excluding hydrogens is 429 g/mol. The molecule has 1 fully saturated rings. The molecule has 0 saturated carbocycles. The lowest BCUT2D eigenvalue weighted by Crippen LogP contribution is -2.41. The zero-order chi connectivity index (χ0) is 23.5. The van der Waals surface area contributed by atoms with Gasteiger partial charge in [0.1, 0.15) is 11.9 Å². The minimum atomic E-state index is -0.552. The summed E-state index contributed by atoms with van der Waals surface area (Å²) in [6.07, 6.45) is 2.14. The molecule has 3 heterocycles. The summed E-state index contributed by atoms with van der Waals surface area (Å²) in [5.74, 6) is 0.282. The van der Waals surface area contributed by atoms with Gasteiger partial charge in [-0.1, -0.05) is 0 Å². The molecule has 1 aliphatic rings. The van der Waals surface area contributed by atoms with Crippen molar-refractivity contribution in [1.29, 1.82) is 0 Å². The second-order valence-corrected chi connectivity index (χ2v) is 7.64. The third kappa shape index (κ3) is 4.70. The van der Waals surface area contributed by atoms with E-state index >= 15 is 0 Å². The van der Waals surface area contributed by atoms with Gasteiger partial charge in [-0.25, -0.2) is 9.37 Å². The second-order valence-electron chi connectivity index (χ2n) is 7.64. The Balaban J connectivity index is 1.69. The van der Waals surface area contributed by atoms with Crippen LogP contribution >= 0.6 is 0 Å². The first kappa shape index (κ1) is 22.4. The monoisotopic (exact) mass is 453 g/mol. The number of hydrogen-bond acceptors (Lipinski definition) is 7. The van der Waals surface area contributed by atoms with Gasteiger partial charge in [0, 0.05) is 49.6 Å². The molecule has 1 unspecified atom stereocenters. The number of benzene rings is 1. The van der Waals surface area contributed by atoms with Crippen LogP contribution in [0.15, 0.2) is 47.5 Å². The Morgan fingerprint density at radius 3 is 2.85 bits per heavy atom. The molecule has 1 N–H and O–H groups in total. The Bertz CT molecular complexity index is 1250. The molecule has 1 saturated heterocycles. The lowest BCUT2D eigenvalue weighted by Gasteiger charge is -2.35. The molecule has 1 aromatic carbocycles. The van der Waals surface area contributed by atoms with Crippen LogP contribution < -0.4 is 20.5 Å². The summed E-state index contributed by atoms with van der Waals surface area (Å²) in [6, 6.07) is 8.12. The molecule has 0 spiro atoms. The average Bonchev–Trinajstić information content (AvgIpc) is 2.81. The normalized spacial score (nSPS) is 15.9. The summed E-state index contributed by atoms with van der Waals surface area (Å²) in [5.41, 5.74) is 1.52. The highest BCUT2D eigenvalue weighted by Crippen LogP contribution is 2.34. The molecule has 0 bridgehead atoms. The van der Waals surface area contributed by atoms with Gasteiger partial charge in [0.2, 0.25) is 11.9 Å². The van der Waals surface area contributed by atoms with Crippen LogP contribution in [-0.2, 0) is 16.6 Å². The van der Waals surface area contributed by atoms with E-state index in [4.69, 9.17) is 9.47 Å². The van der Waals surface area contributed by atoms with E-state index in [2.05, 4.69) is 15.3 Å². The maximum Gasteiger partial charge on any atom is 0.255 e. The van der Waals surface area contributed by atoms with E-state index in [1.165, 1.54) is 29.8 Å². The highest BCUT2D eigenvalue weighted by Gasteiger charge is 2.28. The van der Waals surface area contributed by atoms with E-state index in [1.54, 1.807) is 26.3 Å². The minimum Gasteiger partial charge on any atom is -0.496 e. The van der Waals surface area contributed by atoms with E-state index in [0.717, 1.165) is 11.8 Å². The summed E-state index contributed by atoms with van der Waals surface area (Å²) >= 11 is 0. The second kappa shape index (κ2) is 9.37. The quantitative estimate of drug-likeness (QED) is 0.634. The van der Waals surface area contributed by atoms with Gasteiger partial charge >= 0.3 is 0 Å². The fourth-order valence-electron chi connectivity index (χ4n) is 3.82. The van der Waals surface area contributed by atoms with E-state index in [1.807, 2.05) is 11.0 Å². The number of amides is 1. The van der Waals surface area contributed by atoms with Gasteiger partial charge in [0.25, 0.3) is 5.56 Å². The van der Waals surface area contributed by atoms with Crippen molar-refractivity contribution in [3.8, 4) is 17.0 Å². The average molecular weight is 453 g/mol. The minimum absolute atomic E-state index is 0.184. The molecule has 3 aromatic rings. The largest absolute Gasteiger partial charge is 0.496 e. The van der Waals surface area contributed by atoms with Gasteiger partial charge in [-0.2, -0.15) is 0 Å². The molecule has 172 valence electrons. The summed E-state index contributed by atoms with van der Waals surface area (Å²) in [5, 5.41) is 2.76. The Labute approximate surface area is 189 Å². The molecule has 4 rings (SSSR count). The molecule has 0 radical (unpaired) electrons. The molecule has 0 aliphatic carbocycles. The summed E-state index contributed by atoms with van der Waals surface area (Å²) in [6.45, 7) is 2.69. The first-order chi connectivity index (χ1) is 15.9. The zero-order valence-electron chi connectivity index (χ0n) is 18.5. The fraction of sp³-hybridized carbons (Fsp3) is 0.304. The number of ether oxygens (including phenoxy) is 2. The molecular formula is C23H24FN5O4. The Morgan fingerprint density at radius 2 is 2.12 bits per heavy atom. The van der Waals surface area contributed by atoms with Crippen LogP contribution in [0.5, 0.6) is 5.75 Å². The van der Waals surface area contributed by atoms with Crippen molar-refractivity contribution in [2.45, 2.75) is 13.0 Å². The number of nitrogens with one attached hydrogen (secondary N) is 1. The number of carbonyl (C=O) groups excluding carboxylic acids is 1. The highest BCUT2D eigenvalue weighted by molar-refractivity contribution is 5.88. The fourth-order valence-corrected chi connectivity index (χ4v) is 3.82. The first-order valence-corrected chi connectivity index (χ1v) is 10.4. The molecule has 1 aliphatic heterocycles. The van der Waals surface area contributed by atoms with Crippen LogP contribution in [-0.4, -0.2) is 47.2 Å². The van der Waals surface area contributed by atoms with Crippen molar-refractivity contribution >= 4 is 17.5 Å². The third-order valence-corrected chi connectivity index (χ3v) is 5.41. The van der Waals surface area contributed by atoms with Crippen LogP contribution in [0, 0.1) is 5.82 Å². The molecule has 2 aromatic heterocycles. The van der Waals surface area contributed by atoms with Gasteiger partial charge in [0.05, 0.1) is 32.2 Å². The molecule has 9 nitrogen and oxygen atoms in total. The van der Waals surface area contributed by atoms with Crippen LogP contribution in [0.4, 0.5) is 16.0 Å². The number of rotatable bonds is 5. The van der Waals surface area contributed by atoms with Gasteiger partial charge in [-0.3, -0.25) is 19.1 Å². The van der Waals surface area contributed by atoms with Crippen molar-refractivity contribution in [1.82, 2.24) is 14.5 Å². The van der Waals surface area contributed by atoms with E-state index in [0.29, 0.717) is 37.1 Å². The van der Waals surface area contributed by atoms with Crippen molar-refractivity contribution in [2.75, 3.05) is 37.0 Å². The summed E-state index contributed by atoms with van der Waals surface area (Å²) in [4.78, 5) is 34.4. The van der Waals surface area contributed by atoms with Gasteiger partial charge < -0.3 is 19.7 Å². The molecule has 1 amide bonds. The van der Waals surface area contributed by atoms with Crippen molar-refractivity contribution in [3.63, 3.8) is 0 Å². The van der Waals surface area contributed by atoms with E-state index in [-0.39, 0.29) is 22.7 Å². The number of hydrogen-bond donors (Lipinski definition) is 1. The SMILES string of the molecule is COc1ccc(NC(C)=O)cc1C1CN(c2nc(-c3ccncc3F)cc(=O)n2C)CCO1. The topological polar surface area (TPSA) is 98.6 Å². The lowest BCUT2D eigenvalue weighted by molar-refractivity contribution is -0.114. The number of carbonyl (C=O) groups is 1. The van der Waals surface area contributed by atoms with E-state index < -0.39 is 11.9 Å². The first-order valence-electron chi connectivity index (χ1n) is 10.4. The van der Waals surface area contributed by atoms with Crippen molar-refractivity contribution in [2.24, 2.45) is 7.05 Å². The maximum atomic E-state index is 14.3. The number of nitrogens with zero attached hydrogens (tertiary/aromatic N) is 4.